The Morgan fingerprint density at radius 1 is 0.433 bits per heavy atom. The van der Waals surface area contributed by atoms with E-state index in [9.17, 15) is 18.4 Å². The first-order valence-electron chi connectivity index (χ1n) is 43.4. The standard InChI is InChI=1S/C31H24N6.C15H10N.2C13H13P.C11H6F2N.C11H8N.C9H9N4.C6H5NO2.C5H8O2.2Os.2Pt.Rh/c1-31(2,29-17-9-15-25(32-29)27-19-21-36(34-27)23-11-5-3-6-12-23)30-18-10-16-26(33-30)28-20-22-37(35-28)24-13-7-4-8-14-24;1-2-7-13(8-3-1)15-14-9-5-4-6-12(14)10-11-16-15;2*1-14(12-8-4-2-5-9-12)13-10-6-3-7-11-13;12-8-4-5-9(10(13)7-8)11-3-1-2-6-14-11;1-2-6-10(7-3-1)11-8-4-5-9-12-11;1-6-3-4-10-8(5-6)9-11-7(2)12-13-9;8-6(9)5-3-1-2-4-7-5;1-4(6)3-5(2)7;;;;;/h3-18,21-22H,1-2H3;1-7,9-11H;2*2-11H,1H3;1-4,6-7H;1-6,8-9H;3-5H,1-2H3;1-4H,(H,8,9);3,6H,1-2H3;;;;;/q-2;-1;;;3*-1;;;2*+1;;+2;/p+2. The molecule has 27 heteroatoms. The number of hydrogen-bond donors (Lipinski definition) is 2. The third kappa shape index (κ3) is 36.1. The van der Waals surface area contributed by atoms with Gasteiger partial charge >= 0.3 is 66.6 Å². The van der Waals surface area contributed by atoms with Crippen LogP contribution in [0.4, 0.5) is 8.78 Å². The van der Waals surface area contributed by atoms with Gasteiger partial charge in [-0.2, -0.15) is 0 Å². The number of nitrogens with zero attached hydrogens (tertiary/aromatic N) is 14. The van der Waals surface area contributed by atoms with Crippen molar-refractivity contribution in [3.8, 4) is 79.4 Å². The van der Waals surface area contributed by atoms with Crippen LogP contribution in [0, 0.1) is 55.8 Å². The predicted molar refractivity (Wildman–Crippen MR) is 545 cm³/mol. The maximum Gasteiger partial charge on any atom is 2.00 e. The van der Waals surface area contributed by atoms with E-state index < -0.39 is 38.9 Å². The number of aromatic carboxylic acids is 1. The number of fused-ring (bicyclic) bond motifs is 1. The molecule has 3 radical (unpaired) electrons. The van der Waals surface area contributed by atoms with E-state index in [1.165, 1.54) is 64.2 Å². The average Bonchev–Trinajstić information content (AvgIpc) is 1.77. The van der Waals surface area contributed by atoms with Gasteiger partial charge < -0.3 is 45.2 Å². The summed E-state index contributed by atoms with van der Waals surface area (Å²) in [6, 6.07) is 138. The fraction of sp³-hybridized carbons (Fsp3) is 0.0789. The van der Waals surface area contributed by atoms with Crippen molar-refractivity contribution in [1.29, 1.82) is 0 Å². The van der Waals surface area contributed by atoms with Crippen LogP contribution in [0.15, 0.2) is 431 Å². The Morgan fingerprint density at radius 3 is 1.26 bits per heavy atom. The smallest absolute Gasteiger partial charge is 0.512 e. The topological polar surface area (TPSA) is 240 Å². The number of aliphatic hydroxyl groups is 1. The fourth-order valence-corrected chi connectivity index (χ4v) is 16.7. The zero-order valence-electron chi connectivity index (χ0n) is 77.8. The summed E-state index contributed by atoms with van der Waals surface area (Å²) in [5.41, 5.74) is 12.9. The van der Waals surface area contributed by atoms with E-state index in [0.29, 0.717) is 28.7 Å². The molecule has 0 spiro atoms. The molecule has 20 rings (SSSR count). The SMILES string of the molecule is CC(=O)C=C(C)O.CC(C)(c1cccc(-c2[c-]cn(-c3ccccc3)n2)n1)c1cccc(-c2[c-]cn(-c3ccccc3)n2)n1.C[PH+](c1ccccc1)c1ccccc1.C[PH+](c1ccccc1)c1ccccc1.Cc1ccnc(-c2nc(C)n[n-]2)c1.Fc1c[c-]c(-c2ccccn2)c(F)c1.O=C(O)c1ccccn1.[Os+].[Os+].[Pt+2].[Pt].[Rh].[c-]1ccccc1-c1ccccn1.[c-]1ccccc1-c1nccc2ccccc12. The summed E-state index contributed by atoms with van der Waals surface area (Å²) in [6.07, 6.45) is 13.2. The van der Waals surface area contributed by atoms with Gasteiger partial charge in [0.2, 0.25) is 0 Å². The van der Waals surface area contributed by atoms with Crippen LogP contribution in [-0.4, -0.2) is 99.8 Å². The van der Waals surface area contributed by atoms with Gasteiger partial charge in [0.1, 0.15) is 5.69 Å². The van der Waals surface area contributed by atoms with Crippen LogP contribution < -0.4 is 26.3 Å². The molecule has 10 aromatic carbocycles. The summed E-state index contributed by atoms with van der Waals surface area (Å²) in [4.78, 5) is 54.6. The second-order valence-corrected chi connectivity index (χ2v) is 35.5. The maximum atomic E-state index is 13.2. The summed E-state index contributed by atoms with van der Waals surface area (Å²) in [6.45, 7) is 15.6. The molecule has 0 saturated carbocycles. The normalized spacial score (nSPS) is 10.2. The van der Waals surface area contributed by atoms with E-state index >= 15 is 0 Å². The van der Waals surface area contributed by atoms with Crippen molar-refractivity contribution in [2.45, 2.75) is 47.0 Å². The van der Waals surface area contributed by atoms with Crippen LogP contribution in [0.5, 0.6) is 0 Å². The molecule has 0 aliphatic heterocycles. The van der Waals surface area contributed by atoms with Gasteiger partial charge in [0, 0.05) is 112 Å². The Balaban J connectivity index is 0.000000225. The molecule has 0 saturated heterocycles. The summed E-state index contributed by atoms with van der Waals surface area (Å²) in [5.74, 6) is -1.06. The van der Waals surface area contributed by atoms with Gasteiger partial charge in [-0.3, -0.25) is 33.0 Å². The van der Waals surface area contributed by atoms with Crippen molar-refractivity contribution in [1.82, 2.24) is 69.6 Å². The fourth-order valence-electron chi connectivity index (χ4n) is 13.3. The molecule has 141 heavy (non-hydrogen) atoms. The van der Waals surface area contributed by atoms with Gasteiger partial charge in [0.15, 0.2) is 5.78 Å². The molecule has 0 aliphatic rings. The van der Waals surface area contributed by atoms with Gasteiger partial charge in [-0.15, -0.1) is 96.1 Å². The molecular weight excluding hydrogens is 2600 g/mol. The number of carbonyl (C=O) groups excluding carboxylic acids is 1. The Morgan fingerprint density at radius 2 is 0.858 bits per heavy atom. The van der Waals surface area contributed by atoms with Crippen molar-refractivity contribution in [2.75, 3.05) is 13.3 Å². The predicted octanol–water partition coefficient (Wildman–Crippen LogP) is 23.1. The Kier molecular flexibility index (Phi) is 49.4. The number of carboxylic acid groups (broad SMARTS) is 1. The van der Waals surface area contributed by atoms with Crippen LogP contribution in [0.2, 0.25) is 0 Å². The minimum atomic E-state index is -0.990. The van der Waals surface area contributed by atoms with Gasteiger partial charge in [-0.05, 0) is 208 Å². The number of allylic oxidation sites excluding steroid dienone is 2. The molecule has 0 unspecified atom stereocenters. The molecule has 10 heterocycles. The van der Waals surface area contributed by atoms with Crippen LogP contribution in [-0.2, 0) is 111 Å². The summed E-state index contributed by atoms with van der Waals surface area (Å²) >= 11 is 0. The van der Waals surface area contributed by atoms with E-state index in [1.807, 2.05) is 236 Å². The van der Waals surface area contributed by atoms with Gasteiger partial charge in [-0.1, -0.05) is 223 Å². The minimum absolute atomic E-state index is 0. The van der Waals surface area contributed by atoms with Gasteiger partial charge in [0.25, 0.3) is 0 Å². The number of hydrogen-bond acceptors (Lipinski definition) is 14. The number of pyridine rings is 7. The monoisotopic (exact) mass is 2700 g/mol. The van der Waals surface area contributed by atoms with Crippen molar-refractivity contribution < 1.29 is 130 Å². The molecule has 0 amide bonds. The summed E-state index contributed by atoms with van der Waals surface area (Å²) in [7, 11) is -1.09. The summed E-state index contributed by atoms with van der Waals surface area (Å²) < 4.78 is 29.4. The summed E-state index contributed by atoms with van der Waals surface area (Å²) in [5, 5.41) is 42.1. The van der Waals surface area contributed by atoms with Crippen molar-refractivity contribution >= 4 is 59.6 Å². The number of carboxylic acids is 1. The maximum absolute atomic E-state index is 13.2. The number of aromatic nitrogens is 14. The number of benzene rings is 10. The number of aryl methyl sites for hydroxylation is 2. The third-order valence-corrected chi connectivity index (χ3v) is 25.1. The van der Waals surface area contributed by atoms with Crippen LogP contribution >= 0.6 is 15.8 Å². The van der Waals surface area contributed by atoms with E-state index in [2.05, 4.69) is 231 Å². The molecule has 2 N–H and O–H groups in total. The number of carbonyl (C=O) groups is 2. The molecule has 0 fully saturated rings. The van der Waals surface area contributed by atoms with Crippen LogP contribution in [0.25, 0.3) is 90.2 Å². The van der Waals surface area contributed by atoms with Crippen molar-refractivity contribution in [3.63, 3.8) is 0 Å². The van der Waals surface area contributed by atoms with Gasteiger partial charge in [-0.25, -0.2) is 32.1 Å². The van der Waals surface area contributed by atoms with E-state index in [0.717, 1.165) is 80.1 Å². The van der Waals surface area contributed by atoms with E-state index in [1.54, 1.807) is 48.9 Å². The second kappa shape index (κ2) is 60.7. The second-order valence-electron chi connectivity index (χ2n) is 30.7. The first kappa shape index (κ1) is 115. The first-order chi connectivity index (χ1) is 66.2. The Bertz CT molecular complexity index is 6760. The molecule has 0 atom stereocenters. The minimum Gasteiger partial charge on any atom is -0.512 e. The molecular formula is C114H98F2N14O4Os2P2Pt2Rh. The molecule has 0 aliphatic carbocycles. The average molecular weight is 2700 g/mol. The Labute approximate surface area is 892 Å². The van der Waals surface area contributed by atoms with E-state index in [-0.39, 0.29) is 124 Å². The molecule has 18 nitrogen and oxygen atoms in total. The number of ketones is 1. The molecule has 20 aromatic rings. The van der Waals surface area contributed by atoms with Crippen LogP contribution in [0.3, 0.4) is 0 Å². The largest absolute Gasteiger partial charge is 2.00 e. The Hall–Kier alpha value is -13.3. The number of rotatable bonds is 16. The number of para-hydroxylation sites is 2. The van der Waals surface area contributed by atoms with Crippen molar-refractivity contribution in [2.24, 2.45) is 0 Å². The van der Waals surface area contributed by atoms with Crippen LogP contribution in [0.1, 0.15) is 61.0 Å². The quantitative estimate of drug-likeness (QED) is 0.0300. The number of aliphatic hydroxyl groups excluding tert-OH is 1. The molecule has 717 valence electrons. The third-order valence-electron chi connectivity index (χ3n) is 20.3. The van der Waals surface area contributed by atoms with Crippen molar-refractivity contribution in [3.05, 3.63) is 502 Å². The molecule has 10 aromatic heterocycles. The zero-order chi connectivity index (χ0) is 95.6. The van der Waals surface area contributed by atoms with Gasteiger partial charge in [0.05, 0.1) is 73.2 Å². The number of halogens is 2. The first-order valence-corrected chi connectivity index (χ1v) is 47.4. The van der Waals surface area contributed by atoms with E-state index in [4.69, 9.17) is 30.4 Å². The molecule has 0 bridgehead atoms. The zero-order valence-corrected chi connectivity index (χ0v) is 91.1.